The number of imidazole rings is 1. The Balaban J connectivity index is 1.45. The van der Waals surface area contributed by atoms with Crippen LogP contribution in [0.5, 0.6) is 0 Å². The summed E-state index contributed by atoms with van der Waals surface area (Å²) < 4.78 is 0. The first-order valence-corrected chi connectivity index (χ1v) is 9.09. The highest BCUT2D eigenvalue weighted by Crippen LogP contribution is 2.26. The van der Waals surface area contributed by atoms with Crippen LogP contribution in [0.25, 0.3) is 33.5 Å². The first kappa shape index (κ1) is 15.5. The molecule has 0 bridgehead atoms. The summed E-state index contributed by atoms with van der Waals surface area (Å²) in [5.41, 5.74) is 5.27. The SMILES string of the molecule is CN1CCN(Cc2ccc3nc(-c4n[nH]c5ccccc45)[nH]c3c2)CC1. The lowest BCUT2D eigenvalue weighted by atomic mass is 10.1. The number of benzene rings is 2. The maximum Gasteiger partial charge on any atom is 0.159 e. The Hall–Kier alpha value is -2.70. The predicted octanol–water partition coefficient (Wildman–Crippen LogP) is 2.85. The van der Waals surface area contributed by atoms with Gasteiger partial charge in [0.1, 0.15) is 5.69 Å². The van der Waals surface area contributed by atoms with E-state index in [2.05, 4.69) is 56.3 Å². The van der Waals surface area contributed by atoms with Crippen molar-refractivity contribution in [2.24, 2.45) is 0 Å². The first-order chi connectivity index (χ1) is 12.8. The molecule has 1 aliphatic heterocycles. The van der Waals surface area contributed by atoms with E-state index in [-0.39, 0.29) is 0 Å². The van der Waals surface area contributed by atoms with Crippen LogP contribution in [0.3, 0.4) is 0 Å². The van der Waals surface area contributed by atoms with Gasteiger partial charge in [-0.05, 0) is 30.8 Å². The summed E-state index contributed by atoms with van der Waals surface area (Å²) in [5, 5.41) is 8.62. The van der Waals surface area contributed by atoms with Crippen LogP contribution in [-0.4, -0.2) is 63.2 Å². The molecule has 0 atom stereocenters. The number of piperazine rings is 1. The summed E-state index contributed by atoms with van der Waals surface area (Å²) in [6.07, 6.45) is 0. The summed E-state index contributed by atoms with van der Waals surface area (Å²) in [7, 11) is 2.19. The maximum absolute atomic E-state index is 4.74. The summed E-state index contributed by atoms with van der Waals surface area (Å²) >= 11 is 0. The van der Waals surface area contributed by atoms with E-state index in [0.717, 1.165) is 66.2 Å². The number of rotatable bonds is 3. The second-order valence-corrected chi connectivity index (χ2v) is 7.13. The molecule has 0 amide bonds. The third-order valence-electron chi connectivity index (χ3n) is 5.24. The number of hydrogen-bond donors (Lipinski definition) is 2. The number of nitrogens with one attached hydrogen (secondary N) is 2. The van der Waals surface area contributed by atoms with Crippen LogP contribution in [-0.2, 0) is 6.54 Å². The Morgan fingerprint density at radius 2 is 1.85 bits per heavy atom. The summed E-state index contributed by atoms with van der Waals surface area (Å²) in [5.74, 6) is 0.814. The van der Waals surface area contributed by atoms with E-state index in [0.29, 0.717) is 0 Å². The Bertz CT molecular complexity index is 1050. The van der Waals surface area contributed by atoms with Crippen LogP contribution in [0, 0.1) is 0 Å². The van der Waals surface area contributed by atoms with E-state index in [1.165, 1.54) is 5.56 Å². The highest BCUT2D eigenvalue weighted by molar-refractivity contribution is 5.93. The number of hydrogen-bond acceptors (Lipinski definition) is 4. The minimum atomic E-state index is 0.814. The number of H-pyrrole nitrogens is 2. The van der Waals surface area contributed by atoms with Crippen molar-refractivity contribution in [3.05, 3.63) is 48.0 Å². The van der Waals surface area contributed by atoms with E-state index in [1.807, 2.05) is 18.2 Å². The third kappa shape index (κ3) is 2.77. The monoisotopic (exact) mass is 346 g/mol. The van der Waals surface area contributed by atoms with Gasteiger partial charge in [-0.25, -0.2) is 4.98 Å². The van der Waals surface area contributed by atoms with E-state index < -0.39 is 0 Å². The van der Waals surface area contributed by atoms with Crippen molar-refractivity contribution < 1.29 is 0 Å². The molecule has 0 unspecified atom stereocenters. The van der Waals surface area contributed by atoms with Gasteiger partial charge in [-0.15, -0.1) is 0 Å². The van der Waals surface area contributed by atoms with Crippen molar-refractivity contribution >= 4 is 21.9 Å². The molecule has 0 spiro atoms. The standard InChI is InChI=1S/C20H22N6/c1-25-8-10-26(11-9-25)13-14-6-7-17-18(12-14)22-20(21-17)19-15-4-2-3-5-16(15)23-24-19/h2-7,12H,8-11,13H2,1H3,(H,21,22)(H,23,24). The molecule has 5 rings (SSSR count). The van der Waals surface area contributed by atoms with Crippen molar-refractivity contribution in [2.75, 3.05) is 33.2 Å². The zero-order chi connectivity index (χ0) is 17.5. The summed E-state index contributed by atoms with van der Waals surface area (Å²) in [6, 6.07) is 14.6. The zero-order valence-electron chi connectivity index (χ0n) is 14.9. The fourth-order valence-corrected chi connectivity index (χ4v) is 3.68. The number of nitrogens with zero attached hydrogens (tertiary/aromatic N) is 4. The lowest BCUT2D eigenvalue weighted by Crippen LogP contribution is -2.43. The molecule has 0 radical (unpaired) electrons. The molecule has 132 valence electrons. The number of likely N-dealkylation sites (N-methyl/N-ethyl adjacent to an activating group) is 1. The molecular formula is C20H22N6. The molecule has 6 heteroatoms. The highest BCUT2D eigenvalue weighted by Gasteiger charge is 2.15. The Labute approximate surface area is 151 Å². The van der Waals surface area contributed by atoms with Crippen molar-refractivity contribution in [1.82, 2.24) is 30.0 Å². The number of aromatic nitrogens is 4. The zero-order valence-corrected chi connectivity index (χ0v) is 14.9. The Kier molecular flexibility index (Phi) is 3.72. The van der Waals surface area contributed by atoms with Gasteiger partial charge in [-0.2, -0.15) is 5.10 Å². The van der Waals surface area contributed by atoms with E-state index >= 15 is 0 Å². The van der Waals surface area contributed by atoms with Crippen LogP contribution in [0.15, 0.2) is 42.5 Å². The predicted molar refractivity (Wildman–Crippen MR) is 104 cm³/mol. The molecule has 26 heavy (non-hydrogen) atoms. The van der Waals surface area contributed by atoms with Crippen LogP contribution in [0.1, 0.15) is 5.56 Å². The van der Waals surface area contributed by atoms with Crippen molar-refractivity contribution in [1.29, 1.82) is 0 Å². The number of aromatic amines is 2. The topological polar surface area (TPSA) is 63.8 Å². The summed E-state index contributed by atoms with van der Waals surface area (Å²) in [4.78, 5) is 13.1. The first-order valence-electron chi connectivity index (χ1n) is 9.09. The molecule has 1 fully saturated rings. The minimum Gasteiger partial charge on any atom is -0.337 e. The van der Waals surface area contributed by atoms with Gasteiger partial charge in [0.2, 0.25) is 0 Å². The van der Waals surface area contributed by atoms with Crippen LogP contribution >= 0.6 is 0 Å². The molecule has 1 aliphatic rings. The second-order valence-electron chi connectivity index (χ2n) is 7.13. The molecule has 2 N–H and O–H groups in total. The number of fused-ring (bicyclic) bond motifs is 2. The quantitative estimate of drug-likeness (QED) is 0.599. The lowest BCUT2D eigenvalue weighted by molar-refractivity contribution is 0.148. The average Bonchev–Trinajstić information content (AvgIpc) is 3.27. The van der Waals surface area contributed by atoms with Crippen molar-refractivity contribution in [3.63, 3.8) is 0 Å². The lowest BCUT2D eigenvalue weighted by Gasteiger charge is -2.32. The smallest absolute Gasteiger partial charge is 0.159 e. The van der Waals surface area contributed by atoms with Gasteiger partial charge in [0.05, 0.1) is 16.6 Å². The molecule has 1 saturated heterocycles. The summed E-state index contributed by atoms with van der Waals surface area (Å²) in [6.45, 7) is 5.53. The molecule has 6 nitrogen and oxygen atoms in total. The Morgan fingerprint density at radius 1 is 1.00 bits per heavy atom. The molecule has 0 aliphatic carbocycles. The van der Waals surface area contributed by atoms with Crippen LogP contribution in [0.4, 0.5) is 0 Å². The van der Waals surface area contributed by atoms with Gasteiger partial charge in [-0.3, -0.25) is 10.00 Å². The third-order valence-corrected chi connectivity index (χ3v) is 5.24. The second kappa shape index (κ2) is 6.23. The van der Waals surface area contributed by atoms with Gasteiger partial charge >= 0.3 is 0 Å². The van der Waals surface area contributed by atoms with E-state index in [4.69, 9.17) is 4.98 Å². The largest absolute Gasteiger partial charge is 0.337 e. The van der Waals surface area contributed by atoms with Gasteiger partial charge in [-0.1, -0.05) is 24.3 Å². The molecule has 0 saturated carbocycles. The Morgan fingerprint density at radius 3 is 2.73 bits per heavy atom. The number of para-hydroxylation sites is 1. The van der Waals surface area contributed by atoms with Gasteiger partial charge in [0, 0.05) is 38.1 Å². The van der Waals surface area contributed by atoms with Gasteiger partial charge < -0.3 is 9.88 Å². The highest BCUT2D eigenvalue weighted by atomic mass is 15.2. The normalized spacial score (nSPS) is 16.7. The van der Waals surface area contributed by atoms with Crippen LogP contribution in [0.2, 0.25) is 0 Å². The van der Waals surface area contributed by atoms with Gasteiger partial charge in [0.15, 0.2) is 5.82 Å². The van der Waals surface area contributed by atoms with Gasteiger partial charge in [0.25, 0.3) is 0 Å². The molecular weight excluding hydrogens is 324 g/mol. The van der Waals surface area contributed by atoms with E-state index in [9.17, 15) is 0 Å². The van der Waals surface area contributed by atoms with Crippen molar-refractivity contribution in [3.8, 4) is 11.5 Å². The van der Waals surface area contributed by atoms with Crippen LogP contribution < -0.4 is 0 Å². The molecule has 2 aromatic carbocycles. The minimum absolute atomic E-state index is 0.814. The van der Waals surface area contributed by atoms with E-state index in [1.54, 1.807) is 0 Å². The fraction of sp³-hybridized carbons (Fsp3) is 0.300. The van der Waals surface area contributed by atoms with Crippen molar-refractivity contribution in [2.45, 2.75) is 6.54 Å². The average molecular weight is 346 g/mol. The molecule has 2 aromatic heterocycles. The molecule has 4 aromatic rings. The maximum atomic E-state index is 4.74. The molecule has 3 heterocycles. The fourth-order valence-electron chi connectivity index (χ4n) is 3.68.